The summed E-state index contributed by atoms with van der Waals surface area (Å²) in [5.41, 5.74) is -0.439. The quantitative estimate of drug-likeness (QED) is 0.808. The van der Waals surface area contributed by atoms with Crippen molar-refractivity contribution in [2.45, 2.75) is 24.5 Å². The largest absolute Gasteiger partial charge is 0.373 e. The molecule has 0 atom stereocenters. The van der Waals surface area contributed by atoms with Crippen LogP contribution in [0.25, 0.3) is 0 Å². The summed E-state index contributed by atoms with van der Waals surface area (Å²) in [6, 6.07) is 1.46. The number of morpholine rings is 1. The maximum atomic E-state index is 12.1. The van der Waals surface area contributed by atoms with Crippen LogP contribution in [0.4, 0.5) is 0 Å². The maximum Gasteiger partial charge on any atom is 0.260 e. The van der Waals surface area contributed by atoms with Crippen LogP contribution < -0.4 is 0 Å². The monoisotopic (exact) mass is 245 g/mol. The van der Waals surface area contributed by atoms with Gasteiger partial charge < -0.3 is 4.74 Å². The number of aromatic nitrogens is 2. The Hall–Kier alpha value is -0.920. The summed E-state index contributed by atoms with van der Waals surface area (Å²) in [6.07, 6.45) is 1.43. The Morgan fingerprint density at radius 1 is 1.56 bits per heavy atom. The van der Waals surface area contributed by atoms with Crippen LogP contribution >= 0.6 is 0 Å². The lowest BCUT2D eigenvalue weighted by atomic mass is 10.1. The van der Waals surface area contributed by atoms with Crippen molar-refractivity contribution < 1.29 is 13.2 Å². The molecule has 2 rings (SSSR count). The number of sulfonamides is 1. The molecule has 1 N–H and O–H groups in total. The number of ether oxygens (including phenoxy) is 1. The zero-order valence-corrected chi connectivity index (χ0v) is 10.1. The van der Waals surface area contributed by atoms with E-state index in [9.17, 15) is 8.42 Å². The second-order valence-electron chi connectivity index (χ2n) is 4.37. The zero-order chi connectivity index (χ0) is 11.8. The maximum absolute atomic E-state index is 12.1. The van der Waals surface area contributed by atoms with Crippen molar-refractivity contribution in [3.63, 3.8) is 0 Å². The summed E-state index contributed by atoms with van der Waals surface area (Å²) < 4.78 is 31.2. The van der Waals surface area contributed by atoms with E-state index < -0.39 is 15.6 Å². The molecular formula is C9H15N3O3S. The fraction of sp³-hybridized carbons (Fsp3) is 0.667. The standard InChI is InChI=1S/C9H15N3O3S/c1-9(2)7-12(5-6-15-9)16(13,14)8-3-4-10-11-8/h3-4H,5-7H2,1-2H3,(H,10,11). The van der Waals surface area contributed by atoms with Crippen molar-refractivity contribution in [2.24, 2.45) is 0 Å². The SMILES string of the molecule is CC1(C)CN(S(=O)(=O)c2ccn[nH]2)CCO1. The third-order valence-corrected chi connectivity index (χ3v) is 4.26. The molecule has 1 aromatic heterocycles. The molecule has 1 fully saturated rings. The molecule has 0 radical (unpaired) electrons. The molecule has 0 bridgehead atoms. The predicted octanol–water partition coefficient (Wildman–Crippen LogP) is 0.209. The number of rotatable bonds is 2. The van der Waals surface area contributed by atoms with Crippen molar-refractivity contribution in [1.82, 2.24) is 14.5 Å². The van der Waals surface area contributed by atoms with Gasteiger partial charge in [0.05, 0.1) is 18.4 Å². The zero-order valence-electron chi connectivity index (χ0n) is 9.30. The van der Waals surface area contributed by atoms with E-state index in [0.717, 1.165) is 0 Å². The van der Waals surface area contributed by atoms with E-state index in [1.54, 1.807) is 0 Å². The third-order valence-electron chi connectivity index (χ3n) is 2.48. The molecule has 0 aromatic carbocycles. The molecule has 1 aliphatic rings. The van der Waals surface area contributed by atoms with Gasteiger partial charge in [0.1, 0.15) is 0 Å². The highest BCUT2D eigenvalue weighted by Gasteiger charge is 2.35. The Morgan fingerprint density at radius 3 is 2.88 bits per heavy atom. The van der Waals surface area contributed by atoms with Crippen LogP contribution in [-0.2, 0) is 14.8 Å². The second kappa shape index (κ2) is 3.83. The van der Waals surface area contributed by atoms with Crippen LogP contribution in [0.3, 0.4) is 0 Å². The molecule has 6 nitrogen and oxygen atoms in total. The number of nitrogens with one attached hydrogen (secondary N) is 1. The summed E-state index contributed by atoms with van der Waals surface area (Å²) in [6.45, 7) is 4.91. The Labute approximate surface area is 94.6 Å². The van der Waals surface area contributed by atoms with Crippen LogP contribution in [0, 0.1) is 0 Å². The first-order valence-corrected chi connectivity index (χ1v) is 6.49. The highest BCUT2D eigenvalue weighted by atomic mass is 32.2. The minimum atomic E-state index is -3.45. The van der Waals surface area contributed by atoms with Crippen molar-refractivity contribution in [3.8, 4) is 0 Å². The van der Waals surface area contributed by atoms with E-state index >= 15 is 0 Å². The van der Waals surface area contributed by atoms with Crippen molar-refractivity contribution >= 4 is 10.0 Å². The van der Waals surface area contributed by atoms with Gasteiger partial charge in [-0.3, -0.25) is 5.10 Å². The van der Waals surface area contributed by atoms with Crippen molar-refractivity contribution in [1.29, 1.82) is 0 Å². The lowest BCUT2D eigenvalue weighted by Gasteiger charge is -2.36. The lowest BCUT2D eigenvalue weighted by molar-refractivity contribution is -0.0640. The normalized spacial score (nSPS) is 22.1. The highest BCUT2D eigenvalue weighted by Crippen LogP contribution is 2.22. The van der Waals surface area contributed by atoms with Gasteiger partial charge >= 0.3 is 0 Å². The van der Waals surface area contributed by atoms with Crippen molar-refractivity contribution in [3.05, 3.63) is 12.3 Å². The Balaban J connectivity index is 2.25. The van der Waals surface area contributed by atoms with Gasteiger partial charge in [-0.2, -0.15) is 9.40 Å². The summed E-state index contributed by atoms with van der Waals surface area (Å²) in [5, 5.41) is 6.27. The van der Waals surface area contributed by atoms with Gasteiger partial charge in [0, 0.05) is 13.1 Å². The van der Waals surface area contributed by atoms with Crippen LogP contribution in [0.1, 0.15) is 13.8 Å². The first-order chi connectivity index (χ1) is 7.42. The Morgan fingerprint density at radius 2 is 2.31 bits per heavy atom. The summed E-state index contributed by atoms with van der Waals surface area (Å²) >= 11 is 0. The first-order valence-electron chi connectivity index (χ1n) is 5.05. The van der Waals surface area contributed by atoms with E-state index in [-0.39, 0.29) is 5.03 Å². The summed E-state index contributed by atoms with van der Waals surface area (Å²) in [7, 11) is -3.45. The van der Waals surface area contributed by atoms with E-state index in [2.05, 4.69) is 10.2 Å². The Kier molecular flexibility index (Phi) is 2.77. The van der Waals surface area contributed by atoms with Gasteiger partial charge in [0.2, 0.25) is 0 Å². The van der Waals surface area contributed by atoms with E-state index in [1.165, 1.54) is 16.6 Å². The van der Waals surface area contributed by atoms with E-state index in [4.69, 9.17) is 4.74 Å². The van der Waals surface area contributed by atoms with Crippen LogP contribution in [0.5, 0.6) is 0 Å². The number of nitrogens with zero attached hydrogens (tertiary/aromatic N) is 2. The fourth-order valence-corrected chi connectivity index (χ4v) is 3.18. The highest BCUT2D eigenvalue weighted by molar-refractivity contribution is 7.89. The number of aromatic amines is 1. The molecule has 16 heavy (non-hydrogen) atoms. The Bertz CT molecular complexity index is 452. The molecular weight excluding hydrogens is 230 g/mol. The number of hydrogen-bond acceptors (Lipinski definition) is 4. The van der Waals surface area contributed by atoms with Gasteiger partial charge in [0.25, 0.3) is 10.0 Å². The second-order valence-corrected chi connectivity index (χ2v) is 6.27. The number of hydrogen-bond donors (Lipinski definition) is 1. The van der Waals surface area contributed by atoms with Crippen LogP contribution in [-0.4, -0.2) is 48.2 Å². The molecule has 90 valence electrons. The molecule has 0 amide bonds. The van der Waals surface area contributed by atoms with E-state index in [1.807, 2.05) is 13.8 Å². The van der Waals surface area contributed by atoms with Gasteiger partial charge in [-0.15, -0.1) is 0 Å². The topological polar surface area (TPSA) is 75.3 Å². The predicted molar refractivity (Wildman–Crippen MR) is 57.4 cm³/mol. The average Bonchev–Trinajstić information content (AvgIpc) is 2.69. The fourth-order valence-electron chi connectivity index (χ4n) is 1.70. The molecule has 0 unspecified atom stereocenters. The summed E-state index contributed by atoms with van der Waals surface area (Å²) in [5.74, 6) is 0. The summed E-state index contributed by atoms with van der Waals surface area (Å²) in [4.78, 5) is 0. The van der Waals surface area contributed by atoms with Gasteiger partial charge in [-0.05, 0) is 19.9 Å². The van der Waals surface area contributed by atoms with Gasteiger partial charge in [-0.25, -0.2) is 8.42 Å². The van der Waals surface area contributed by atoms with Gasteiger partial charge in [-0.1, -0.05) is 0 Å². The minimum absolute atomic E-state index is 0.130. The third kappa shape index (κ3) is 2.11. The minimum Gasteiger partial charge on any atom is -0.373 e. The molecule has 1 aliphatic heterocycles. The smallest absolute Gasteiger partial charge is 0.260 e. The van der Waals surface area contributed by atoms with Gasteiger partial charge in [0.15, 0.2) is 5.03 Å². The van der Waals surface area contributed by atoms with Crippen LogP contribution in [0.15, 0.2) is 17.3 Å². The molecule has 0 spiro atoms. The molecule has 1 aromatic rings. The van der Waals surface area contributed by atoms with Crippen LogP contribution in [0.2, 0.25) is 0 Å². The molecule has 2 heterocycles. The molecule has 1 saturated heterocycles. The lowest BCUT2D eigenvalue weighted by Crippen LogP contribution is -2.50. The molecule has 7 heteroatoms. The number of H-pyrrole nitrogens is 1. The molecule has 0 aliphatic carbocycles. The molecule has 0 saturated carbocycles. The first kappa shape index (κ1) is 11.6. The van der Waals surface area contributed by atoms with E-state index in [0.29, 0.717) is 19.7 Å². The average molecular weight is 245 g/mol. The van der Waals surface area contributed by atoms with Crippen molar-refractivity contribution in [2.75, 3.05) is 19.7 Å².